The Kier molecular flexibility index (Phi) is 7.09. The number of aromatic nitrogens is 1. The van der Waals surface area contributed by atoms with Gasteiger partial charge in [-0.3, -0.25) is 24.4 Å². The highest BCUT2D eigenvalue weighted by molar-refractivity contribution is 6.02. The minimum Gasteiger partial charge on any atom is -0.351 e. The molecule has 1 atom stereocenters. The molecule has 166 valence electrons. The predicted octanol–water partition coefficient (Wildman–Crippen LogP) is 2.50. The van der Waals surface area contributed by atoms with E-state index in [-0.39, 0.29) is 17.9 Å². The lowest BCUT2D eigenvalue weighted by Crippen LogP contribution is -2.54. The van der Waals surface area contributed by atoms with E-state index in [1.165, 1.54) is 0 Å². The van der Waals surface area contributed by atoms with Gasteiger partial charge in [-0.05, 0) is 36.8 Å². The van der Waals surface area contributed by atoms with Crippen LogP contribution in [0.3, 0.4) is 0 Å². The third-order valence-electron chi connectivity index (χ3n) is 5.94. The summed E-state index contributed by atoms with van der Waals surface area (Å²) in [4.78, 5) is 33.8. The van der Waals surface area contributed by atoms with E-state index in [4.69, 9.17) is 0 Å². The van der Waals surface area contributed by atoms with E-state index < -0.39 is 0 Å². The van der Waals surface area contributed by atoms with Gasteiger partial charge < -0.3 is 10.6 Å². The van der Waals surface area contributed by atoms with Gasteiger partial charge in [-0.25, -0.2) is 0 Å². The molecule has 2 amide bonds. The molecule has 4 rings (SSSR count). The minimum atomic E-state index is -0.254. The van der Waals surface area contributed by atoms with Gasteiger partial charge in [0, 0.05) is 44.3 Å². The molecule has 1 aliphatic rings. The predicted molar refractivity (Wildman–Crippen MR) is 126 cm³/mol. The van der Waals surface area contributed by atoms with Gasteiger partial charge in [-0.15, -0.1) is 0 Å². The molecule has 1 aliphatic heterocycles. The van der Waals surface area contributed by atoms with Crippen molar-refractivity contribution in [3.05, 3.63) is 72.4 Å². The van der Waals surface area contributed by atoms with Crippen LogP contribution in [0.15, 0.2) is 66.9 Å². The summed E-state index contributed by atoms with van der Waals surface area (Å²) in [5, 5.41) is 6.97. The van der Waals surface area contributed by atoms with E-state index in [0.29, 0.717) is 13.1 Å². The molecule has 2 aromatic carbocycles. The van der Waals surface area contributed by atoms with Crippen molar-refractivity contribution in [3.63, 3.8) is 0 Å². The molecule has 1 saturated heterocycles. The lowest BCUT2D eigenvalue weighted by molar-refractivity contribution is -0.124. The number of fused-ring (bicyclic) bond motifs is 1. The Bertz CT molecular complexity index is 1060. The van der Waals surface area contributed by atoms with Gasteiger partial charge >= 0.3 is 0 Å². The average molecular weight is 432 g/mol. The Morgan fingerprint density at radius 3 is 2.53 bits per heavy atom. The van der Waals surface area contributed by atoms with Crippen LogP contribution in [-0.2, 0) is 16.1 Å². The highest BCUT2D eigenvalue weighted by Gasteiger charge is 2.26. The third kappa shape index (κ3) is 5.49. The van der Waals surface area contributed by atoms with Crippen LogP contribution < -0.4 is 10.6 Å². The quantitative estimate of drug-likeness (QED) is 0.601. The summed E-state index contributed by atoms with van der Waals surface area (Å²) < 4.78 is 0. The first-order valence-corrected chi connectivity index (χ1v) is 11.0. The summed E-state index contributed by atoms with van der Waals surface area (Å²) in [6.07, 6.45) is 1.75. The molecule has 0 spiro atoms. The molecule has 32 heavy (non-hydrogen) atoms. The summed E-state index contributed by atoms with van der Waals surface area (Å²) in [6, 6.07) is 19.2. The Morgan fingerprint density at radius 2 is 1.75 bits per heavy atom. The lowest BCUT2D eigenvalue weighted by Gasteiger charge is -2.37. The van der Waals surface area contributed by atoms with E-state index in [2.05, 4.69) is 25.4 Å². The van der Waals surface area contributed by atoms with E-state index in [0.717, 1.165) is 48.3 Å². The fourth-order valence-corrected chi connectivity index (χ4v) is 3.98. The molecule has 0 aliphatic carbocycles. The summed E-state index contributed by atoms with van der Waals surface area (Å²) >= 11 is 0. The topological polar surface area (TPSA) is 77.6 Å². The second kappa shape index (κ2) is 10.3. The largest absolute Gasteiger partial charge is 0.351 e. The summed E-state index contributed by atoms with van der Waals surface area (Å²) in [7, 11) is 0. The SMILES string of the molecule is CC(C(=O)Nc1cccc2ncccc12)N1CCN(CC(=O)NCc2ccccc2)CC1. The van der Waals surface area contributed by atoms with Gasteiger partial charge in [-0.1, -0.05) is 36.4 Å². The molecule has 0 radical (unpaired) electrons. The van der Waals surface area contributed by atoms with Crippen molar-refractivity contribution in [2.45, 2.75) is 19.5 Å². The summed E-state index contributed by atoms with van der Waals surface area (Å²) in [5.41, 5.74) is 2.73. The van der Waals surface area contributed by atoms with Crippen LogP contribution in [0.25, 0.3) is 10.9 Å². The zero-order valence-corrected chi connectivity index (χ0v) is 18.3. The van der Waals surface area contributed by atoms with Gasteiger partial charge in [0.1, 0.15) is 0 Å². The smallest absolute Gasteiger partial charge is 0.241 e. The lowest BCUT2D eigenvalue weighted by atomic mass is 10.1. The van der Waals surface area contributed by atoms with Crippen LogP contribution in [-0.4, -0.2) is 65.4 Å². The van der Waals surface area contributed by atoms with Crippen molar-refractivity contribution >= 4 is 28.4 Å². The molecule has 0 saturated carbocycles. The molecule has 2 N–H and O–H groups in total. The van der Waals surface area contributed by atoms with E-state index >= 15 is 0 Å². The van der Waals surface area contributed by atoms with Crippen LogP contribution in [0.4, 0.5) is 5.69 Å². The van der Waals surface area contributed by atoms with Crippen molar-refractivity contribution in [1.29, 1.82) is 0 Å². The standard InChI is InChI=1S/C25H29N5O2/c1-19(25(32)28-23-11-5-10-22-21(23)9-6-12-26-22)30-15-13-29(14-16-30)18-24(31)27-17-20-7-3-2-4-8-20/h2-12,19H,13-18H2,1H3,(H,27,31)(H,28,32). The van der Waals surface area contributed by atoms with Crippen LogP contribution in [0.1, 0.15) is 12.5 Å². The van der Waals surface area contributed by atoms with Crippen molar-refractivity contribution in [1.82, 2.24) is 20.1 Å². The Labute approximate surface area is 188 Å². The van der Waals surface area contributed by atoms with Gasteiger partial charge in [0.2, 0.25) is 11.8 Å². The fraction of sp³-hybridized carbons (Fsp3) is 0.320. The number of carbonyl (C=O) groups excluding carboxylic acids is 2. The van der Waals surface area contributed by atoms with E-state index in [1.54, 1.807) is 6.20 Å². The van der Waals surface area contributed by atoms with Crippen LogP contribution in [0.2, 0.25) is 0 Å². The molecular weight excluding hydrogens is 402 g/mol. The number of pyridine rings is 1. The van der Waals surface area contributed by atoms with E-state index in [9.17, 15) is 9.59 Å². The maximum Gasteiger partial charge on any atom is 0.241 e. The third-order valence-corrected chi connectivity index (χ3v) is 5.94. The minimum absolute atomic E-state index is 0.0256. The molecule has 0 bridgehead atoms. The Morgan fingerprint density at radius 1 is 0.969 bits per heavy atom. The van der Waals surface area contributed by atoms with Gasteiger partial charge in [0.15, 0.2) is 0 Å². The number of hydrogen-bond acceptors (Lipinski definition) is 5. The monoisotopic (exact) mass is 431 g/mol. The highest BCUT2D eigenvalue weighted by Crippen LogP contribution is 2.22. The molecule has 1 fully saturated rings. The van der Waals surface area contributed by atoms with Gasteiger partial charge in [-0.2, -0.15) is 0 Å². The summed E-state index contributed by atoms with van der Waals surface area (Å²) in [6.45, 7) is 5.87. The average Bonchev–Trinajstić information content (AvgIpc) is 2.83. The van der Waals surface area contributed by atoms with Crippen molar-refractivity contribution in [3.8, 4) is 0 Å². The van der Waals surface area contributed by atoms with Crippen molar-refractivity contribution in [2.75, 3.05) is 38.0 Å². The Hall–Kier alpha value is -3.29. The number of piperazine rings is 1. The molecule has 3 aromatic rings. The van der Waals surface area contributed by atoms with Crippen LogP contribution >= 0.6 is 0 Å². The zero-order chi connectivity index (χ0) is 22.3. The maximum atomic E-state index is 12.9. The normalized spacial score (nSPS) is 15.9. The number of benzene rings is 2. The van der Waals surface area contributed by atoms with Crippen molar-refractivity contribution < 1.29 is 9.59 Å². The number of nitrogens with one attached hydrogen (secondary N) is 2. The fourth-order valence-electron chi connectivity index (χ4n) is 3.98. The van der Waals surface area contributed by atoms with Gasteiger partial charge in [0.25, 0.3) is 0 Å². The Balaban J connectivity index is 1.24. The number of amides is 2. The highest BCUT2D eigenvalue weighted by atomic mass is 16.2. The number of rotatable bonds is 7. The number of nitrogens with zero attached hydrogens (tertiary/aromatic N) is 3. The number of carbonyl (C=O) groups is 2. The molecule has 7 nitrogen and oxygen atoms in total. The van der Waals surface area contributed by atoms with Gasteiger partial charge in [0.05, 0.1) is 23.8 Å². The van der Waals surface area contributed by atoms with E-state index in [1.807, 2.05) is 67.6 Å². The molecular formula is C25H29N5O2. The number of hydrogen-bond donors (Lipinski definition) is 2. The summed E-state index contributed by atoms with van der Waals surface area (Å²) in [5.74, 6) is -0.00642. The molecule has 2 heterocycles. The first kappa shape index (κ1) is 21.9. The first-order valence-electron chi connectivity index (χ1n) is 11.0. The second-order valence-corrected chi connectivity index (χ2v) is 8.12. The van der Waals surface area contributed by atoms with Crippen LogP contribution in [0, 0.1) is 0 Å². The zero-order valence-electron chi connectivity index (χ0n) is 18.3. The molecule has 1 unspecified atom stereocenters. The van der Waals surface area contributed by atoms with Crippen LogP contribution in [0.5, 0.6) is 0 Å². The molecule has 7 heteroatoms. The first-order chi connectivity index (χ1) is 15.6. The molecule has 1 aromatic heterocycles. The second-order valence-electron chi connectivity index (χ2n) is 8.12. The van der Waals surface area contributed by atoms with Crippen molar-refractivity contribution in [2.24, 2.45) is 0 Å². The number of anilines is 1. The maximum absolute atomic E-state index is 12.9.